The van der Waals surface area contributed by atoms with Gasteiger partial charge in [-0.05, 0) is 37.8 Å². The maximum absolute atomic E-state index is 11.8. The van der Waals surface area contributed by atoms with Gasteiger partial charge in [0.2, 0.25) is 0 Å². The fraction of sp³-hybridized carbons (Fsp3) is 0.500. The van der Waals surface area contributed by atoms with Crippen molar-refractivity contribution in [2.45, 2.75) is 32.1 Å². The lowest BCUT2D eigenvalue weighted by Gasteiger charge is -2.24. The monoisotopic (exact) mass is 236 g/mol. The molecule has 1 aromatic carbocycles. The first kappa shape index (κ1) is 13.7. The summed E-state index contributed by atoms with van der Waals surface area (Å²) in [5.74, 6) is -0.242. The first-order chi connectivity index (χ1) is 8.04. The summed E-state index contributed by atoms with van der Waals surface area (Å²) in [6, 6.07) is 7.81. The summed E-state index contributed by atoms with van der Waals surface area (Å²) in [5, 5.41) is 8.88. The second kappa shape index (κ2) is 5.82. The number of carbonyl (C=O) groups is 1. The molecule has 94 valence electrons. The normalized spacial score (nSPS) is 11.3. The minimum Gasteiger partial charge on any atom is -0.468 e. The van der Waals surface area contributed by atoms with Crippen LogP contribution in [0.15, 0.2) is 24.3 Å². The Hall–Kier alpha value is -1.35. The number of carbonyl (C=O) groups excluding carboxylic acids is 1. The number of esters is 1. The van der Waals surface area contributed by atoms with Crippen LogP contribution in [0.5, 0.6) is 0 Å². The van der Waals surface area contributed by atoms with Crippen LogP contribution in [0.4, 0.5) is 0 Å². The van der Waals surface area contributed by atoms with E-state index in [4.69, 9.17) is 9.84 Å². The van der Waals surface area contributed by atoms with Crippen LogP contribution in [-0.2, 0) is 21.4 Å². The maximum atomic E-state index is 11.8. The van der Waals surface area contributed by atoms with Crippen LogP contribution in [0.3, 0.4) is 0 Å². The van der Waals surface area contributed by atoms with Crippen molar-refractivity contribution in [3.63, 3.8) is 0 Å². The van der Waals surface area contributed by atoms with Gasteiger partial charge in [-0.3, -0.25) is 4.79 Å². The van der Waals surface area contributed by atoms with Crippen LogP contribution in [0.25, 0.3) is 0 Å². The highest BCUT2D eigenvalue weighted by molar-refractivity contribution is 5.82. The third-order valence-corrected chi connectivity index (χ3v) is 2.99. The quantitative estimate of drug-likeness (QED) is 0.796. The summed E-state index contributed by atoms with van der Waals surface area (Å²) >= 11 is 0. The summed E-state index contributed by atoms with van der Waals surface area (Å²) in [5.41, 5.74) is 1.41. The predicted molar refractivity (Wildman–Crippen MR) is 66.9 cm³/mol. The number of ether oxygens (including phenoxy) is 1. The first-order valence-electron chi connectivity index (χ1n) is 5.81. The molecule has 0 atom stereocenters. The average Bonchev–Trinajstić information content (AvgIpc) is 2.35. The molecule has 1 aromatic rings. The van der Waals surface area contributed by atoms with Crippen LogP contribution in [0, 0.1) is 0 Å². The van der Waals surface area contributed by atoms with Crippen LogP contribution < -0.4 is 0 Å². The summed E-state index contributed by atoms with van der Waals surface area (Å²) < 4.78 is 4.84. The van der Waals surface area contributed by atoms with E-state index >= 15 is 0 Å². The highest BCUT2D eigenvalue weighted by Gasteiger charge is 2.32. The van der Waals surface area contributed by atoms with E-state index in [1.165, 1.54) is 7.11 Å². The number of hydrogen-bond acceptors (Lipinski definition) is 3. The lowest BCUT2D eigenvalue weighted by atomic mass is 9.81. The van der Waals surface area contributed by atoms with E-state index in [0.29, 0.717) is 6.42 Å². The van der Waals surface area contributed by atoms with E-state index < -0.39 is 5.41 Å². The van der Waals surface area contributed by atoms with E-state index in [0.717, 1.165) is 17.5 Å². The Balaban J connectivity index is 3.07. The standard InChI is InChI=1S/C14H20O3/c1-14(2,13(16)17-3)12-9-5-4-7-11(12)8-6-10-15/h4-5,7,9,15H,6,8,10H2,1-3H3. The van der Waals surface area contributed by atoms with Gasteiger partial charge in [-0.15, -0.1) is 0 Å². The molecule has 0 heterocycles. The smallest absolute Gasteiger partial charge is 0.315 e. The molecule has 0 aliphatic carbocycles. The zero-order chi connectivity index (χ0) is 12.9. The Kier molecular flexibility index (Phi) is 4.70. The van der Waals surface area contributed by atoms with E-state index in [2.05, 4.69) is 0 Å². The lowest BCUT2D eigenvalue weighted by Crippen LogP contribution is -2.31. The number of rotatable bonds is 5. The molecule has 3 heteroatoms. The number of benzene rings is 1. The van der Waals surface area contributed by atoms with Gasteiger partial charge < -0.3 is 9.84 Å². The molecule has 0 unspecified atom stereocenters. The molecule has 17 heavy (non-hydrogen) atoms. The SMILES string of the molecule is COC(=O)C(C)(C)c1ccccc1CCCO. The van der Waals surface area contributed by atoms with Crippen LogP contribution >= 0.6 is 0 Å². The van der Waals surface area contributed by atoms with Crippen molar-refractivity contribution in [2.24, 2.45) is 0 Å². The maximum Gasteiger partial charge on any atom is 0.315 e. The van der Waals surface area contributed by atoms with Gasteiger partial charge in [-0.1, -0.05) is 24.3 Å². The Bertz CT molecular complexity index is 383. The molecule has 0 amide bonds. The molecule has 3 nitrogen and oxygen atoms in total. The van der Waals surface area contributed by atoms with E-state index in [-0.39, 0.29) is 12.6 Å². The van der Waals surface area contributed by atoms with Gasteiger partial charge >= 0.3 is 5.97 Å². The number of hydrogen-bond donors (Lipinski definition) is 1. The summed E-state index contributed by atoms with van der Waals surface area (Å²) in [7, 11) is 1.40. The Morgan fingerprint density at radius 2 is 2.00 bits per heavy atom. The Morgan fingerprint density at radius 1 is 1.35 bits per heavy atom. The molecule has 0 aliphatic rings. The second-order valence-electron chi connectivity index (χ2n) is 4.60. The van der Waals surface area contributed by atoms with Crippen molar-refractivity contribution in [2.75, 3.05) is 13.7 Å². The predicted octanol–water partition coefficient (Wildman–Crippen LogP) is 2.06. The molecular formula is C14H20O3. The molecule has 0 aliphatic heterocycles. The van der Waals surface area contributed by atoms with Crippen molar-refractivity contribution in [3.8, 4) is 0 Å². The molecule has 1 rings (SSSR count). The highest BCUT2D eigenvalue weighted by Crippen LogP contribution is 2.28. The fourth-order valence-corrected chi connectivity index (χ4v) is 1.98. The van der Waals surface area contributed by atoms with Crippen molar-refractivity contribution < 1.29 is 14.6 Å². The molecule has 0 bridgehead atoms. The van der Waals surface area contributed by atoms with Crippen molar-refractivity contribution in [3.05, 3.63) is 35.4 Å². The number of aliphatic hydroxyl groups excluding tert-OH is 1. The zero-order valence-electron chi connectivity index (χ0n) is 10.7. The Labute approximate surface area is 102 Å². The summed E-state index contributed by atoms with van der Waals surface area (Å²) in [6.07, 6.45) is 1.47. The summed E-state index contributed by atoms with van der Waals surface area (Å²) in [4.78, 5) is 11.8. The first-order valence-corrected chi connectivity index (χ1v) is 5.81. The van der Waals surface area contributed by atoms with Gasteiger partial charge in [0.15, 0.2) is 0 Å². The molecular weight excluding hydrogens is 216 g/mol. The van der Waals surface area contributed by atoms with E-state index in [9.17, 15) is 4.79 Å². The van der Waals surface area contributed by atoms with Gasteiger partial charge in [0.1, 0.15) is 0 Å². The molecule has 0 saturated heterocycles. The molecule has 0 saturated carbocycles. The molecule has 0 spiro atoms. The third-order valence-electron chi connectivity index (χ3n) is 2.99. The molecule has 1 N–H and O–H groups in total. The average molecular weight is 236 g/mol. The van der Waals surface area contributed by atoms with Gasteiger partial charge in [0.05, 0.1) is 12.5 Å². The topological polar surface area (TPSA) is 46.5 Å². The van der Waals surface area contributed by atoms with E-state index in [1.54, 1.807) is 0 Å². The summed E-state index contributed by atoms with van der Waals surface area (Å²) in [6.45, 7) is 3.88. The lowest BCUT2D eigenvalue weighted by molar-refractivity contribution is -0.146. The van der Waals surface area contributed by atoms with Crippen molar-refractivity contribution in [1.82, 2.24) is 0 Å². The fourth-order valence-electron chi connectivity index (χ4n) is 1.98. The molecule has 0 radical (unpaired) electrons. The molecule has 0 aromatic heterocycles. The highest BCUT2D eigenvalue weighted by atomic mass is 16.5. The second-order valence-corrected chi connectivity index (χ2v) is 4.60. The number of aliphatic hydroxyl groups is 1. The van der Waals surface area contributed by atoms with Crippen LogP contribution in [0.1, 0.15) is 31.4 Å². The molecule has 0 fully saturated rings. The minimum atomic E-state index is -0.652. The number of aryl methyl sites for hydroxylation is 1. The van der Waals surface area contributed by atoms with Gasteiger partial charge in [0.25, 0.3) is 0 Å². The largest absolute Gasteiger partial charge is 0.468 e. The Morgan fingerprint density at radius 3 is 2.59 bits per heavy atom. The minimum absolute atomic E-state index is 0.160. The van der Waals surface area contributed by atoms with Gasteiger partial charge in [0, 0.05) is 6.61 Å². The van der Waals surface area contributed by atoms with Gasteiger partial charge in [-0.25, -0.2) is 0 Å². The van der Waals surface area contributed by atoms with Crippen molar-refractivity contribution in [1.29, 1.82) is 0 Å². The van der Waals surface area contributed by atoms with Gasteiger partial charge in [-0.2, -0.15) is 0 Å². The number of methoxy groups -OCH3 is 1. The zero-order valence-corrected chi connectivity index (χ0v) is 10.7. The van der Waals surface area contributed by atoms with Crippen LogP contribution in [0.2, 0.25) is 0 Å². The van der Waals surface area contributed by atoms with Crippen molar-refractivity contribution >= 4 is 5.97 Å². The van der Waals surface area contributed by atoms with E-state index in [1.807, 2.05) is 38.1 Å². The third kappa shape index (κ3) is 3.07. The van der Waals surface area contributed by atoms with Crippen LogP contribution in [-0.4, -0.2) is 24.8 Å².